The smallest absolute Gasteiger partial charge is 0.213 e. The number of aromatic nitrogens is 2. The normalized spacial score (nSPS) is 18.9. The van der Waals surface area contributed by atoms with Crippen molar-refractivity contribution in [2.24, 2.45) is 4.99 Å². The van der Waals surface area contributed by atoms with Gasteiger partial charge in [-0.15, -0.1) is 0 Å². The molecule has 0 aromatic carbocycles. The predicted octanol–water partition coefficient (Wildman–Crippen LogP) is 3.06. The van der Waals surface area contributed by atoms with Crippen molar-refractivity contribution in [3.63, 3.8) is 0 Å². The lowest BCUT2D eigenvalue weighted by atomic mass is 9.98. The Kier molecular flexibility index (Phi) is 7.76. The highest BCUT2D eigenvalue weighted by molar-refractivity contribution is 5.80. The summed E-state index contributed by atoms with van der Waals surface area (Å²) in [5.74, 6) is 1.70. The third-order valence-electron chi connectivity index (χ3n) is 5.93. The maximum Gasteiger partial charge on any atom is 0.213 e. The first-order chi connectivity index (χ1) is 15.3. The van der Waals surface area contributed by atoms with Crippen molar-refractivity contribution < 1.29 is 9.26 Å². The van der Waals surface area contributed by atoms with Gasteiger partial charge in [0.1, 0.15) is 12.4 Å². The first kappa shape index (κ1) is 21.6. The molecule has 2 fully saturated rings. The minimum atomic E-state index is 0.327. The Labute approximate surface area is 184 Å². The Bertz CT molecular complexity index is 794. The highest BCUT2D eigenvalue weighted by Crippen LogP contribution is 2.22. The fourth-order valence-electron chi connectivity index (χ4n) is 4.19. The van der Waals surface area contributed by atoms with E-state index in [2.05, 4.69) is 38.2 Å². The Morgan fingerprint density at radius 2 is 2.00 bits per heavy atom. The summed E-state index contributed by atoms with van der Waals surface area (Å²) in [4.78, 5) is 14.1. The van der Waals surface area contributed by atoms with Gasteiger partial charge in [-0.25, -0.2) is 9.98 Å². The van der Waals surface area contributed by atoms with E-state index in [-0.39, 0.29) is 0 Å². The average molecular weight is 427 g/mol. The van der Waals surface area contributed by atoms with Crippen LogP contribution >= 0.6 is 0 Å². The van der Waals surface area contributed by atoms with Crippen LogP contribution in [0.1, 0.15) is 50.3 Å². The van der Waals surface area contributed by atoms with E-state index in [1.165, 1.54) is 19.3 Å². The van der Waals surface area contributed by atoms with Crippen LogP contribution in [-0.2, 0) is 13.1 Å². The molecule has 4 rings (SSSR count). The maximum absolute atomic E-state index is 6.03. The van der Waals surface area contributed by atoms with Crippen molar-refractivity contribution in [1.82, 2.24) is 25.3 Å². The number of guanidine groups is 1. The summed E-state index contributed by atoms with van der Waals surface area (Å²) < 4.78 is 11.0. The van der Waals surface area contributed by atoms with Gasteiger partial charge in [0, 0.05) is 57.6 Å². The molecular formula is C23H34N6O2. The monoisotopic (exact) mass is 426 g/mol. The molecule has 2 aromatic rings. The van der Waals surface area contributed by atoms with E-state index in [0.29, 0.717) is 12.6 Å². The molecular weight excluding hydrogens is 392 g/mol. The Morgan fingerprint density at radius 3 is 2.68 bits per heavy atom. The molecule has 8 nitrogen and oxygen atoms in total. The lowest BCUT2D eigenvalue weighted by molar-refractivity contribution is 0.148. The van der Waals surface area contributed by atoms with Gasteiger partial charge in [0.25, 0.3) is 0 Å². The number of aliphatic imine (C=N–C) groups is 1. The van der Waals surface area contributed by atoms with Crippen LogP contribution in [0.4, 0.5) is 0 Å². The summed E-state index contributed by atoms with van der Waals surface area (Å²) in [5, 5.41) is 7.45. The van der Waals surface area contributed by atoms with Crippen LogP contribution < -0.4 is 10.1 Å². The number of hydrogen-bond acceptors (Lipinski definition) is 6. The summed E-state index contributed by atoms with van der Waals surface area (Å²) in [6, 6.07) is 5.99. The third kappa shape index (κ3) is 6.43. The van der Waals surface area contributed by atoms with Crippen LogP contribution in [-0.4, -0.2) is 64.7 Å². The van der Waals surface area contributed by atoms with Gasteiger partial charge in [0.2, 0.25) is 5.88 Å². The number of ether oxygens (including phenoxy) is 1. The highest BCUT2D eigenvalue weighted by atomic mass is 16.5. The first-order valence-corrected chi connectivity index (χ1v) is 11.6. The molecule has 2 aliphatic rings. The zero-order valence-electron chi connectivity index (χ0n) is 18.5. The molecule has 0 spiro atoms. The van der Waals surface area contributed by atoms with E-state index >= 15 is 0 Å². The molecule has 1 aliphatic carbocycles. The van der Waals surface area contributed by atoms with Crippen LogP contribution in [0.25, 0.3) is 0 Å². The fraction of sp³-hybridized carbons (Fsp3) is 0.609. The molecule has 168 valence electrons. The second-order valence-corrected chi connectivity index (χ2v) is 8.31. The van der Waals surface area contributed by atoms with Crippen molar-refractivity contribution in [3.8, 4) is 5.88 Å². The average Bonchev–Trinajstić information content (AvgIpc) is 3.32. The van der Waals surface area contributed by atoms with Crippen molar-refractivity contribution >= 4 is 5.96 Å². The van der Waals surface area contributed by atoms with E-state index in [9.17, 15) is 0 Å². The van der Waals surface area contributed by atoms with Gasteiger partial charge in [-0.05, 0) is 38.2 Å². The van der Waals surface area contributed by atoms with Crippen LogP contribution in [0.15, 0.2) is 40.2 Å². The Morgan fingerprint density at radius 1 is 1.16 bits per heavy atom. The number of hydrogen-bond donors (Lipinski definition) is 1. The van der Waals surface area contributed by atoms with Crippen LogP contribution in [0.5, 0.6) is 5.88 Å². The maximum atomic E-state index is 6.03. The standard InChI is InChI=1S/C23H34N6O2/c1-2-24-23(29-13-11-28(12-14-29)18-20-10-15-30-27-20)26-17-19-8-9-22(25-16-19)31-21-6-4-3-5-7-21/h8-10,15-16,21H,2-7,11-14,17-18H2,1H3,(H,24,26). The predicted molar refractivity (Wildman–Crippen MR) is 120 cm³/mol. The lowest BCUT2D eigenvalue weighted by Crippen LogP contribution is -2.52. The molecule has 0 unspecified atom stereocenters. The van der Waals surface area contributed by atoms with Crippen molar-refractivity contribution in [3.05, 3.63) is 41.9 Å². The third-order valence-corrected chi connectivity index (χ3v) is 5.93. The zero-order chi connectivity index (χ0) is 21.3. The van der Waals surface area contributed by atoms with E-state index in [0.717, 1.165) is 75.2 Å². The number of nitrogens with zero attached hydrogens (tertiary/aromatic N) is 5. The molecule has 0 atom stereocenters. The summed E-state index contributed by atoms with van der Waals surface area (Å²) in [5.41, 5.74) is 2.08. The second kappa shape index (κ2) is 11.1. The van der Waals surface area contributed by atoms with Gasteiger partial charge in [0.05, 0.1) is 12.2 Å². The molecule has 1 aliphatic heterocycles. The molecule has 0 amide bonds. The Balaban J connectivity index is 1.28. The van der Waals surface area contributed by atoms with E-state index in [1.807, 2.05) is 18.3 Å². The highest BCUT2D eigenvalue weighted by Gasteiger charge is 2.20. The van der Waals surface area contributed by atoms with Gasteiger partial charge >= 0.3 is 0 Å². The van der Waals surface area contributed by atoms with Crippen molar-refractivity contribution in [1.29, 1.82) is 0 Å². The number of pyridine rings is 1. The van der Waals surface area contributed by atoms with Gasteiger partial charge in [-0.3, -0.25) is 4.90 Å². The first-order valence-electron chi connectivity index (χ1n) is 11.6. The number of piperazine rings is 1. The molecule has 2 aromatic heterocycles. The minimum absolute atomic E-state index is 0.327. The van der Waals surface area contributed by atoms with Crippen LogP contribution in [0, 0.1) is 0 Å². The minimum Gasteiger partial charge on any atom is -0.474 e. The molecule has 0 bridgehead atoms. The summed E-state index contributed by atoms with van der Waals surface area (Å²) >= 11 is 0. The van der Waals surface area contributed by atoms with Crippen molar-refractivity contribution in [2.75, 3.05) is 32.7 Å². The molecule has 1 saturated heterocycles. The van der Waals surface area contributed by atoms with Gasteiger partial charge in [-0.1, -0.05) is 17.6 Å². The molecule has 0 radical (unpaired) electrons. The summed E-state index contributed by atoms with van der Waals surface area (Å²) in [6.45, 7) is 8.24. The van der Waals surface area contributed by atoms with Gasteiger partial charge in [0.15, 0.2) is 5.96 Å². The van der Waals surface area contributed by atoms with Gasteiger partial charge in [-0.2, -0.15) is 0 Å². The lowest BCUT2D eigenvalue weighted by Gasteiger charge is -2.36. The fourth-order valence-corrected chi connectivity index (χ4v) is 4.19. The largest absolute Gasteiger partial charge is 0.474 e. The van der Waals surface area contributed by atoms with Crippen molar-refractivity contribution in [2.45, 2.75) is 58.2 Å². The van der Waals surface area contributed by atoms with Crippen LogP contribution in [0.3, 0.4) is 0 Å². The molecule has 1 N–H and O–H groups in total. The SMILES string of the molecule is CCNC(=NCc1ccc(OC2CCCCC2)nc1)N1CCN(Cc2ccon2)CC1. The second-order valence-electron chi connectivity index (χ2n) is 8.31. The van der Waals surface area contributed by atoms with E-state index < -0.39 is 0 Å². The van der Waals surface area contributed by atoms with E-state index in [1.54, 1.807) is 6.26 Å². The Hall–Kier alpha value is -2.61. The summed E-state index contributed by atoms with van der Waals surface area (Å²) in [7, 11) is 0. The molecule has 1 saturated carbocycles. The number of nitrogens with one attached hydrogen (secondary N) is 1. The molecule has 3 heterocycles. The number of rotatable bonds is 7. The molecule has 31 heavy (non-hydrogen) atoms. The topological polar surface area (TPSA) is 79.0 Å². The summed E-state index contributed by atoms with van der Waals surface area (Å²) in [6.07, 6.45) is 9.99. The molecule has 8 heteroatoms. The zero-order valence-corrected chi connectivity index (χ0v) is 18.5. The van der Waals surface area contributed by atoms with E-state index in [4.69, 9.17) is 14.3 Å². The van der Waals surface area contributed by atoms with Gasteiger partial charge < -0.3 is 19.5 Å². The quantitative estimate of drug-likeness (QED) is 0.538. The van der Waals surface area contributed by atoms with Crippen LogP contribution in [0.2, 0.25) is 0 Å².